The zero-order chi connectivity index (χ0) is 17.3. The molecule has 6 nitrogen and oxygen atoms in total. The molecule has 9 heteroatoms. The van der Waals surface area contributed by atoms with Crippen molar-refractivity contribution in [3.05, 3.63) is 69.2 Å². The molecule has 1 heterocycles. The second-order valence-electron chi connectivity index (χ2n) is 5.14. The minimum atomic E-state index is -3.73. The van der Waals surface area contributed by atoms with Gasteiger partial charge in [-0.25, -0.2) is 8.42 Å². The summed E-state index contributed by atoms with van der Waals surface area (Å²) in [4.78, 5) is 10.2. The number of benzene rings is 2. The quantitative estimate of drug-likeness (QED) is 0.593. The van der Waals surface area contributed by atoms with Crippen LogP contribution in [-0.4, -0.2) is 29.9 Å². The van der Waals surface area contributed by atoms with Crippen molar-refractivity contribution in [2.45, 2.75) is 10.3 Å². The molecule has 1 aliphatic heterocycles. The zero-order valence-electron chi connectivity index (χ0n) is 12.3. The van der Waals surface area contributed by atoms with E-state index in [4.69, 9.17) is 11.6 Å². The molecule has 1 atom stereocenters. The van der Waals surface area contributed by atoms with Gasteiger partial charge in [0.15, 0.2) is 0 Å². The van der Waals surface area contributed by atoms with E-state index in [0.29, 0.717) is 17.3 Å². The van der Waals surface area contributed by atoms with E-state index in [0.717, 1.165) is 5.56 Å². The number of sulfonamides is 1. The van der Waals surface area contributed by atoms with Crippen LogP contribution in [0.15, 0.2) is 53.4 Å². The summed E-state index contributed by atoms with van der Waals surface area (Å²) in [5.41, 5.74) is 0.714. The van der Waals surface area contributed by atoms with Gasteiger partial charge in [0.05, 0.1) is 15.2 Å². The maximum Gasteiger partial charge on any atom is 0.269 e. The highest BCUT2D eigenvalue weighted by atomic mass is 35.5. The maximum atomic E-state index is 12.9. The Morgan fingerprint density at radius 3 is 2.33 bits per heavy atom. The monoisotopic (exact) mass is 384 g/mol. The van der Waals surface area contributed by atoms with Crippen molar-refractivity contribution < 1.29 is 13.3 Å². The molecule has 0 saturated carbocycles. The minimum Gasteiger partial charge on any atom is -0.258 e. The highest BCUT2D eigenvalue weighted by molar-refractivity contribution is 8.01. The van der Waals surface area contributed by atoms with Gasteiger partial charge >= 0.3 is 0 Å². The van der Waals surface area contributed by atoms with E-state index in [1.807, 2.05) is 12.1 Å². The van der Waals surface area contributed by atoms with E-state index >= 15 is 0 Å². The van der Waals surface area contributed by atoms with Crippen LogP contribution >= 0.6 is 23.4 Å². The number of nitro groups is 1. The molecular weight excluding hydrogens is 372 g/mol. The lowest BCUT2D eigenvalue weighted by atomic mass is 10.2. The average Bonchev–Trinajstić information content (AvgIpc) is 3.06. The predicted molar refractivity (Wildman–Crippen MR) is 93.6 cm³/mol. The van der Waals surface area contributed by atoms with Crippen LogP contribution in [0.2, 0.25) is 5.02 Å². The SMILES string of the molecule is O=[N+]([O-])c1ccc(S(=O)(=O)N2CCS[C@@H]2c2ccc(Cl)cc2)cc1. The molecule has 1 saturated heterocycles. The van der Waals surface area contributed by atoms with E-state index < -0.39 is 14.9 Å². The van der Waals surface area contributed by atoms with Crippen LogP contribution in [0.25, 0.3) is 0 Å². The highest BCUT2D eigenvalue weighted by Gasteiger charge is 2.36. The Morgan fingerprint density at radius 1 is 1.12 bits per heavy atom. The molecule has 0 aliphatic carbocycles. The fourth-order valence-electron chi connectivity index (χ4n) is 2.47. The van der Waals surface area contributed by atoms with Gasteiger partial charge in [-0.2, -0.15) is 4.31 Å². The van der Waals surface area contributed by atoms with Gasteiger partial charge in [-0.15, -0.1) is 11.8 Å². The summed E-state index contributed by atoms with van der Waals surface area (Å²) >= 11 is 7.42. The Kier molecular flexibility index (Phi) is 4.82. The number of hydrogen-bond acceptors (Lipinski definition) is 5. The Bertz CT molecular complexity index is 854. The lowest BCUT2D eigenvalue weighted by Gasteiger charge is -2.23. The number of nitro benzene ring substituents is 1. The third-order valence-electron chi connectivity index (χ3n) is 3.66. The van der Waals surface area contributed by atoms with Crippen molar-refractivity contribution in [2.75, 3.05) is 12.3 Å². The van der Waals surface area contributed by atoms with Gasteiger partial charge < -0.3 is 0 Å². The van der Waals surface area contributed by atoms with Crippen LogP contribution in [0.5, 0.6) is 0 Å². The number of hydrogen-bond donors (Lipinski definition) is 0. The van der Waals surface area contributed by atoms with Gasteiger partial charge in [0.2, 0.25) is 10.0 Å². The summed E-state index contributed by atoms with van der Waals surface area (Å²) in [5, 5.41) is 11.0. The van der Waals surface area contributed by atoms with E-state index in [9.17, 15) is 18.5 Å². The van der Waals surface area contributed by atoms with Gasteiger partial charge in [0.1, 0.15) is 0 Å². The molecule has 0 radical (unpaired) electrons. The molecular formula is C15H13ClN2O4S2. The zero-order valence-corrected chi connectivity index (χ0v) is 14.7. The Morgan fingerprint density at radius 2 is 1.75 bits per heavy atom. The summed E-state index contributed by atoms with van der Waals surface area (Å²) in [6.45, 7) is 0.386. The first kappa shape index (κ1) is 17.2. The standard InChI is InChI=1S/C15H13ClN2O4S2/c16-12-3-1-11(2-4-12)15-17(9-10-23-15)24(21,22)14-7-5-13(6-8-14)18(19)20/h1-8,15H,9-10H2/t15-/m1/s1. The molecule has 1 aliphatic rings. The Hall–Kier alpha value is -1.61. The largest absolute Gasteiger partial charge is 0.269 e. The smallest absolute Gasteiger partial charge is 0.258 e. The first-order valence-corrected chi connectivity index (χ1v) is 9.89. The molecule has 0 amide bonds. The van der Waals surface area contributed by atoms with Crippen LogP contribution in [0.3, 0.4) is 0 Å². The summed E-state index contributed by atoms with van der Waals surface area (Å²) in [6.07, 6.45) is 0. The highest BCUT2D eigenvalue weighted by Crippen LogP contribution is 2.41. The molecule has 0 spiro atoms. The lowest BCUT2D eigenvalue weighted by molar-refractivity contribution is -0.384. The van der Waals surface area contributed by atoms with Crippen molar-refractivity contribution in [3.8, 4) is 0 Å². The molecule has 126 valence electrons. The van der Waals surface area contributed by atoms with E-state index in [1.165, 1.54) is 40.3 Å². The Balaban J connectivity index is 1.93. The molecule has 0 bridgehead atoms. The number of thioether (sulfide) groups is 1. The molecule has 24 heavy (non-hydrogen) atoms. The van der Waals surface area contributed by atoms with Crippen LogP contribution in [0, 0.1) is 10.1 Å². The van der Waals surface area contributed by atoms with E-state index in [2.05, 4.69) is 0 Å². The second-order valence-corrected chi connectivity index (χ2v) is 8.66. The first-order valence-electron chi connectivity index (χ1n) is 7.03. The van der Waals surface area contributed by atoms with E-state index in [1.54, 1.807) is 12.1 Å². The summed E-state index contributed by atoms with van der Waals surface area (Å²) in [6, 6.07) is 12.0. The topological polar surface area (TPSA) is 80.5 Å². The number of nitrogens with zero attached hydrogens (tertiary/aromatic N) is 2. The van der Waals surface area contributed by atoms with Crippen LogP contribution < -0.4 is 0 Å². The summed E-state index contributed by atoms with van der Waals surface area (Å²) in [7, 11) is -3.73. The molecule has 1 fully saturated rings. The number of non-ortho nitro benzene ring substituents is 1. The maximum absolute atomic E-state index is 12.9. The third-order valence-corrected chi connectivity index (χ3v) is 7.18. The third kappa shape index (κ3) is 3.27. The summed E-state index contributed by atoms with van der Waals surface area (Å²) in [5.74, 6) is 0.680. The molecule has 0 N–H and O–H groups in total. The van der Waals surface area contributed by atoms with Gasteiger partial charge in [0.25, 0.3) is 5.69 Å². The minimum absolute atomic E-state index is 0.0505. The first-order chi connectivity index (χ1) is 11.4. The lowest BCUT2D eigenvalue weighted by Crippen LogP contribution is -2.30. The predicted octanol–water partition coefficient (Wildman–Crippen LogP) is 3.68. The van der Waals surface area contributed by atoms with Crippen molar-refractivity contribution in [3.63, 3.8) is 0 Å². The van der Waals surface area contributed by atoms with Gasteiger partial charge in [0, 0.05) is 29.5 Å². The molecule has 0 aromatic heterocycles. The Labute approximate surface area is 148 Å². The fourth-order valence-corrected chi connectivity index (χ4v) is 5.83. The molecule has 3 rings (SSSR count). The van der Waals surface area contributed by atoms with Crippen molar-refractivity contribution >= 4 is 39.1 Å². The van der Waals surface area contributed by atoms with E-state index in [-0.39, 0.29) is 16.0 Å². The van der Waals surface area contributed by atoms with Crippen LogP contribution in [-0.2, 0) is 10.0 Å². The van der Waals surface area contributed by atoms with Crippen molar-refractivity contribution in [1.82, 2.24) is 4.31 Å². The van der Waals surface area contributed by atoms with Crippen LogP contribution in [0.4, 0.5) is 5.69 Å². The molecule has 2 aromatic carbocycles. The van der Waals surface area contributed by atoms with Crippen molar-refractivity contribution in [1.29, 1.82) is 0 Å². The fraction of sp³-hybridized carbons (Fsp3) is 0.200. The molecule has 2 aromatic rings. The second kappa shape index (κ2) is 6.72. The normalized spacial score (nSPS) is 18.6. The number of rotatable bonds is 4. The molecule has 0 unspecified atom stereocenters. The van der Waals surface area contributed by atoms with Gasteiger partial charge in [-0.05, 0) is 29.8 Å². The van der Waals surface area contributed by atoms with Gasteiger partial charge in [-0.1, -0.05) is 23.7 Å². The van der Waals surface area contributed by atoms with Crippen molar-refractivity contribution in [2.24, 2.45) is 0 Å². The van der Waals surface area contributed by atoms with Gasteiger partial charge in [-0.3, -0.25) is 10.1 Å². The number of halogens is 1. The van der Waals surface area contributed by atoms with Crippen LogP contribution in [0.1, 0.15) is 10.9 Å². The summed E-state index contributed by atoms with van der Waals surface area (Å²) < 4.78 is 27.2. The average molecular weight is 385 g/mol.